The second-order valence-electron chi connectivity index (χ2n) is 7.11. The third kappa shape index (κ3) is 3.86. The molecule has 1 aliphatic heterocycles. The van der Waals surface area contributed by atoms with Crippen LogP contribution < -0.4 is 9.62 Å². The van der Waals surface area contributed by atoms with E-state index in [9.17, 15) is 17.6 Å². The Morgan fingerprint density at radius 1 is 1.13 bits per heavy atom. The Labute approximate surface area is 174 Å². The highest BCUT2D eigenvalue weighted by Gasteiger charge is 2.28. The zero-order valence-electron chi connectivity index (χ0n) is 16.3. The van der Waals surface area contributed by atoms with Crippen LogP contribution in [0, 0.1) is 5.82 Å². The molecule has 1 aromatic heterocycles. The van der Waals surface area contributed by atoms with E-state index in [1.807, 2.05) is 0 Å². The van der Waals surface area contributed by atoms with Gasteiger partial charge in [0.2, 0.25) is 15.9 Å². The number of anilines is 1. The zero-order chi connectivity index (χ0) is 21.3. The fourth-order valence-corrected chi connectivity index (χ4v) is 4.74. The van der Waals surface area contributed by atoms with Crippen molar-refractivity contribution in [2.45, 2.75) is 23.8 Å². The lowest BCUT2D eigenvalue weighted by Gasteiger charge is -2.20. The molecule has 4 rings (SSSR count). The lowest BCUT2D eigenvalue weighted by atomic mass is 10.1. The second kappa shape index (κ2) is 8.00. The Hall–Kier alpha value is -3.04. The summed E-state index contributed by atoms with van der Waals surface area (Å²) in [5.41, 5.74) is 0.834. The zero-order valence-corrected chi connectivity index (χ0v) is 17.1. The van der Waals surface area contributed by atoms with Gasteiger partial charge in [0.15, 0.2) is 0 Å². The molecule has 2 heterocycles. The average Bonchev–Trinajstić information content (AvgIpc) is 3.35. The second-order valence-corrected chi connectivity index (χ2v) is 8.83. The van der Waals surface area contributed by atoms with Crippen LogP contribution in [0.3, 0.4) is 0 Å². The van der Waals surface area contributed by atoms with Crippen LogP contribution in [0.1, 0.15) is 30.3 Å². The SMILES string of the molecule is Cn1ccnc1C(NS(=O)(=O)c1ccc(N2CCCC2=O)cc1)c1ccccc1F. The van der Waals surface area contributed by atoms with Gasteiger partial charge in [-0.15, -0.1) is 0 Å². The quantitative estimate of drug-likeness (QED) is 0.654. The van der Waals surface area contributed by atoms with Gasteiger partial charge in [-0.3, -0.25) is 4.79 Å². The number of sulfonamides is 1. The predicted molar refractivity (Wildman–Crippen MR) is 110 cm³/mol. The minimum Gasteiger partial charge on any atom is -0.336 e. The molecule has 30 heavy (non-hydrogen) atoms. The largest absolute Gasteiger partial charge is 0.336 e. The van der Waals surface area contributed by atoms with Crippen LogP contribution in [0.25, 0.3) is 0 Å². The summed E-state index contributed by atoms with van der Waals surface area (Å²) in [4.78, 5) is 17.8. The van der Waals surface area contributed by atoms with Gasteiger partial charge in [-0.1, -0.05) is 18.2 Å². The van der Waals surface area contributed by atoms with E-state index in [0.717, 1.165) is 6.42 Å². The van der Waals surface area contributed by atoms with Crippen LogP contribution >= 0.6 is 0 Å². The standard InChI is InChI=1S/C21H21FN4O3S/c1-25-14-12-23-21(25)20(17-5-2-3-6-18(17)22)24-30(28,29)16-10-8-15(9-11-16)26-13-4-7-19(26)27/h2-3,5-6,8-12,14,20,24H,4,7,13H2,1H3. The van der Waals surface area contributed by atoms with E-state index in [0.29, 0.717) is 24.5 Å². The van der Waals surface area contributed by atoms with Crippen molar-refractivity contribution in [2.75, 3.05) is 11.4 Å². The Balaban J connectivity index is 1.66. The maximum atomic E-state index is 14.5. The number of nitrogens with zero attached hydrogens (tertiary/aromatic N) is 3. The van der Waals surface area contributed by atoms with Crippen LogP contribution in [0.5, 0.6) is 0 Å². The van der Waals surface area contributed by atoms with E-state index >= 15 is 0 Å². The Morgan fingerprint density at radius 2 is 1.87 bits per heavy atom. The highest BCUT2D eigenvalue weighted by Crippen LogP contribution is 2.27. The van der Waals surface area contributed by atoms with E-state index < -0.39 is 21.9 Å². The Bertz CT molecular complexity index is 1170. The van der Waals surface area contributed by atoms with Crippen LogP contribution in [0.2, 0.25) is 0 Å². The van der Waals surface area contributed by atoms with Crippen molar-refractivity contribution in [3.05, 3.63) is 78.1 Å². The number of amides is 1. The normalized spacial score (nSPS) is 15.5. The lowest BCUT2D eigenvalue weighted by Crippen LogP contribution is -2.32. The van der Waals surface area contributed by atoms with E-state index in [1.165, 1.54) is 30.5 Å². The van der Waals surface area contributed by atoms with Crippen LogP contribution in [-0.2, 0) is 21.9 Å². The summed E-state index contributed by atoms with van der Waals surface area (Å²) < 4.78 is 44.9. The summed E-state index contributed by atoms with van der Waals surface area (Å²) >= 11 is 0. The topological polar surface area (TPSA) is 84.3 Å². The highest BCUT2D eigenvalue weighted by atomic mass is 32.2. The molecule has 0 saturated carbocycles. The number of imidazole rings is 1. The minimum absolute atomic E-state index is 0.0217. The first-order chi connectivity index (χ1) is 14.4. The number of hydrogen-bond donors (Lipinski definition) is 1. The maximum absolute atomic E-state index is 14.5. The molecule has 0 spiro atoms. The number of nitrogens with one attached hydrogen (secondary N) is 1. The van der Waals surface area contributed by atoms with E-state index in [-0.39, 0.29) is 16.4 Å². The number of carbonyl (C=O) groups excluding carboxylic acids is 1. The van der Waals surface area contributed by atoms with E-state index in [1.54, 1.807) is 47.0 Å². The van der Waals surface area contributed by atoms with Crippen molar-refractivity contribution in [1.82, 2.24) is 14.3 Å². The average molecular weight is 428 g/mol. The van der Waals surface area contributed by atoms with Gasteiger partial charge in [0, 0.05) is 43.7 Å². The Kier molecular flexibility index (Phi) is 5.40. The number of benzene rings is 2. The van der Waals surface area contributed by atoms with Gasteiger partial charge in [-0.05, 0) is 36.8 Å². The molecule has 1 aliphatic rings. The van der Waals surface area contributed by atoms with Crippen LogP contribution in [0.4, 0.5) is 10.1 Å². The van der Waals surface area contributed by atoms with Crippen LogP contribution in [-0.4, -0.2) is 30.4 Å². The molecule has 156 valence electrons. The summed E-state index contributed by atoms with van der Waals surface area (Å²) in [5, 5.41) is 0. The summed E-state index contributed by atoms with van der Waals surface area (Å²) in [7, 11) is -2.28. The third-order valence-corrected chi connectivity index (χ3v) is 6.58. The number of aromatic nitrogens is 2. The molecule has 1 amide bonds. The molecule has 1 unspecified atom stereocenters. The van der Waals surface area contributed by atoms with Crippen molar-refractivity contribution in [3.63, 3.8) is 0 Å². The van der Waals surface area contributed by atoms with Crippen molar-refractivity contribution >= 4 is 21.6 Å². The van der Waals surface area contributed by atoms with E-state index in [2.05, 4.69) is 9.71 Å². The summed E-state index contributed by atoms with van der Waals surface area (Å²) in [6.45, 7) is 0.623. The first-order valence-corrected chi connectivity index (χ1v) is 11.0. The molecular formula is C21H21FN4O3S. The molecule has 3 aromatic rings. The predicted octanol–water partition coefficient (Wildman–Crippen LogP) is 2.75. The Morgan fingerprint density at radius 3 is 2.47 bits per heavy atom. The molecule has 0 radical (unpaired) electrons. The molecular weight excluding hydrogens is 407 g/mol. The number of hydrogen-bond acceptors (Lipinski definition) is 4. The van der Waals surface area contributed by atoms with Gasteiger partial charge >= 0.3 is 0 Å². The number of halogens is 1. The maximum Gasteiger partial charge on any atom is 0.241 e. The highest BCUT2D eigenvalue weighted by molar-refractivity contribution is 7.89. The monoisotopic (exact) mass is 428 g/mol. The fourth-order valence-electron chi connectivity index (χ4n) is 3.57. The molecule has 1 atom stereocenters. The van der Waals surface area contributed by atoms with Gasteiger partial charge < -0.3 is 9.47 Å². The first-order valence-electron chi connectivity index (χ1n) is 9.51. The molecule has 1 N–H and O–H groups in total. The summed E-state index contributed by atoms with van der Waals surface area (Å²) in [5.74, 6) is -0.141. The van der Waals surface area contributed by atoms with E-state index in [4.69, 9.17) is 0 Å². The molecule has 7 nitrogen and oxygen atoms in total. The molecule has 1 saturated heterocycles. The van der Waals surface area contributed by atoms with Gasteiger partial charge in [0.05, 0.1) is 4.90 Å². The third-order valence-electron chi connectivity index (χ3n) is 5.14. The number of carbonyl (C=O) groups is 1. The molecule has 0 aliphatic carbocycles. The van der Waals surface area contributed by atoms with Crippen LogP contribution in [0.15, 0.2) is 65.8 Å². The molecule has 9 heteroatoms. The van der Waals surface area contributed by atoms with Crippen molar-refractivity contribution in [2.24, 2.45) is 7.05 Å². The first kappa shape index (κ1) is 20.2. The van der Waals surface area contributed by atoms with Gasteiger partial charge in [-0.25, -0.2) is 17.8 Å². The summed E-state index contributed by atoms with van der Waals surface area (Å²) in [6.07, 6.45) is 4.47. The molecule has 0 bridgehead atoms. The fraction of sp³-hybridized carbons (Fsp3) is 0.238. The number of rotatable bonds is 6. The minimum atomic E-state index is -3.99. The summed E-state index contributed by atoms with van der Waals surface area (Å²) in [6, 6.07) is 11.1. The lowest BCUT2D eigenvalue weighted by molar-refractivity contribution is -0.117. The number of aryl methyl sites for hydroxylation is 1. The molecule has 1 fully saturated rings. The van der Waals surface area contributed by atoms with Gasteiger partial charge in [0.1, 0.15) is 17.7 Å². The van der Waals surface area contributed by atoms with Crippen molar-refractivity contribution < 1.29 is 17.6 Å². The van der Waals surface area contributed by atoms with Crippen molar-refractivity contribution in [3.8, 4) is 0 Å². The smallest absolute Gasteiger partial charge is 0.241 e. The molecule has 2 aromatic carbocycles. The van der Waals surface area contributed by atoms with Gasteiger partial charge in [-0.2, -0.15) is 4.72 Å². The van der Waals surface area contributed by atoms with Gasteiger partial charge in [0.25, 0.3) is 0 Å². The van der Waals surface area contributed by atoms with Crippen molar-refractivity contribution in [1.29, 1.82) is 0 Å².